The highest BCUT2D eigenvalue weighted by molar-refractivity contribution is 6.09. The van der Waals surface area contributed by atoms with Crippen molar-refractivity contribution < 1.29 is 28.7 Å². The molecule has 0 radical (unpaired) electrons. The van der Waals surface area contributed by atoms with Gasteiger partial charge in [-0.15, -0.1) is 0 Å². The van der Waals surface area contributed by atoms with E-state index in [1.165, 1.54) is 13.1 Å². The summed E-state index contributed by atoms with van der Waals surface area (Å²) in [5, 5.41) is 2.83. The lowest BCUT2D eigenvalue weighted by atomic mass is 10.1. The van der Waals surface area contributed by atoms with Gasteiger partial charge in [-0.2, -0.15) is 0 Å². The van der Waals surface area contributed by atoms with Crippen LogP contribution in [0.4, 0.5) is 10.5 Å². The molecule has 0 aliphatic rings. The first kappa shape index (κ1) is 31.7. The quantitative estimate of drug-likeness (QED) is 0.140. The molecule has 0 aliphatic heterocycles. The Hall–Kier alpha value is -4.52. The monoisotopic (exact) mass is 555 g/mol. The molecule has 13 nitrogen and oxygen atoms in total. The molecule has 1 aromatic heterocycles. The van der Waals surface area contributed by atoms with Crippen LogP contribution < -0.4 is 16.8 Å². The largest absolute Gasteiger partial charge is 0.427 e. The van der Waals surface area contributed by atoms with Crippen molar-refractivity contribution in [3.63, 3.8) is 0 Å². The van der Waals surface area contributed by atoms with E-state index in [2.05, 4.69) is 20.3 Å². The van der Waals surface area contributed by atoms with Crippen molar-refractivity contribution in [3.05, 3.63) is 52.3 Å². The summed E-state index contributed by atoms with van der Waals surface area (Å²) in [5.41, 5.74) is 13.8. The normalized spacial score (nSPS) is 12.2. The molecule has 1 unspecified atom stereocenters. The number of nitrogens with zero attached hydrogens (tertiary/aromatic N) is 3. The number of aryl methyl sites for hydroxylation is 1. The maximum Gasteiger partial charge on any atom is 0.419 e. The van der Waals surface area contributed by atoms with Gasteiger partial charge < -0.3 is 31.2 Å². The van der Waals surface area contributed by atoms with E-state index in [1.807, 2.05) is 13.8 Å². The van der Waals surface area contributed by atoms with Crippen molar-refractivity contribution in [2.45, 2.75) is 53.5 Å². The number of esters is 1. The molecule has 13 heteroatoms. The van der Waals surface area contributed by atoms with Crippen LogP contribution >= 0.6 is 0 Å². The maximum atomic E-state index is 13.3. The molecule has 6 N–H and O–H groups in total. The molecule has 0 bridgehead atoms. The van der Waals surface area contributed by atoms with Gasteiger partial charge in [0.25, 0.3) is 11.8 Å². The number of carbonyl (C=O) groups excluding carboxylic acids is 4. The van der Waals surface area contributed by atoms with Gasteiger partial charge in [0.15, 0.2) is 5.84 Å². The summed E-state index contributed by atoms with van der Waals surface area (Å²) >= 11 is 0. The first-order valence-corrected chi connectivity index (χ1v) is 12.9. The number of carbonyl (C=O) groups is 4. The number of rotatable bonds is 11. The Bertz CT molecular complexity index is 1280. The average Bonchev–Trinajstić information content (AvgIpc) is 3.31. The van der Waals surface area contributed by atoms with Crippen molar-refractivity contribution in [1.82, 2.24) is 15.2 Å². The van der Waals surface area contributed by atoms with E-state index in [-0.39, 0.29) is 23.9 Å². The lowest BCUT2D eigenvalue weighted by Crippen LogP contribution is -2.39. The molecular formula is C27H37N7O6. The van der Waals surface area contributed by atoms with E-state index in [9.17, 15) is 19.2 Å². The minimum Gasteiger partial charge on any atom is -0.427 e. The zero-order valence-electron chi connectivity index (χ0n) is 23.4. The topological polar surface area (TPSA) is 195 Å². The number of H-pyrrole nitrogens is 1. The number of ether oxygens (including phenoxy) is 2. The molecule has 3 amide bonds. The molecule has 0 spiro atoms. The van der Waals surface area contributed by atoms with Gasteiger partial charge in [0.2, 0.25) is 6.79 Å². The van der Waals surface area contributed by atoms with Crippen LogP contribution in [0, 0.1) is 13.8 Å². The van der Waals surface area contributed by atoms with E-state index in [0.717, 1.165) is 23.2 Å². The molecule has 0 saturated carbocycles. The van der Waals surface area contributed by atoms with Crippen LogP contribution in [0.25, 0.3) is 0 Å². The summed E-state index contributed by atoms with van der Waals surface area (Å²) < 4.78 is 9.72. The van der Waals surface area contributed by atoms with Crippen molar-refractivity contribution in [3.8, 4) is 0 Å². The fourth-order valence-corrected chi connectivity index (χ4v) is 3.49. The second-order valence-corrected chi connectivity index (χ2v) is 8.91. The average molecular weight is 556 g/mol. The smallest absolute Gasteiger partial charge is 0.419 e. The Morgan fingerprint density at radius 3 is 2.50 bits per heavy atom. The fourth-order valence-electron chi connectivity index (χ4n) is 3.49. The van der Waals surface area contributed by atoms with E-state index < -0.39 is 30.8 Å². The highest BCUT2D eigenvalue weighted by Crippen LogP contribution is 2.24. The Labute approximate surface area is 233 Å². The number of benzene rings is 1. The van der Waals surface area contributed by atoms with Crippen LogP contribution in [-0.2, 0) is 14.3 Å². The van der Waals surface area contributed by atoms with E-state index in [1.54, 1.807) is 32.0 Å². The first-order chi connectivity index (χ1) is 19.0. The van der Waals surface area contributed by atoms with Gasteiger partial charge in [-0.25, -0.2) is 19.7 Å². The molecule has 1 heterocycles. The van der Waals surface area contributed by atoms with Crippen LogP contribution in [0.15, 0.2) is 34.4 Å². The minimum absolute atomic E-state index is 0.0623. The van der Waals surface area contributed by atoms with Crippen LogP contribution in [0.3, 0.4) is 0 Å². The second-order valence-electron chi connectivity index (χ2n) is 8.91. The van der Waals surface area contributed by atoms with E-state index >= 15 is 0 Å². The lowest BCUT2D eigenvalue weighted by molar-refractivity contribution is -0.153. The highest BCUT2D eigenvalue weighted by atomic mass is 16.7. The predicted molar refractivity (Wildman–Crippen MR) is 151 cm³/mol. The van der Waals surface area contributed by atoms with E-state index in [0.29, 0.717) is 35.5 Å². The number of nitrogens with one attached hydrogen (secondary N) is 2. The zero-order chi connectivity index (χ0) is 29.8. The second kappa shape index (κ2) is 15.2. The number of amidine groups is 1. The summed E-state index contributed by atoms with van der Waals surface area (Å²) in [4.78, 5) is 62.6. The SMILES string of the molecule is CCCNC(=O)c1ccc(C)c(N=C(N=CN)c2[nH]cc(C(=O)N(CCC)C(=O)OCOC(=O)C(C)N)c2C)c1. The number of aromatic nitrogens is 1. The van der Waals surface area contributed by atoms with Gasteiger partial charge in [0, 0.05) is 24.8 Å². The summed E-state index contributed by atoms with van der Waals surface area (Å²) in [5.74, 6) is -1.43. The molecule has 1 aromatic carbocycles. The molecule has 2 aromatic rings. The third kappa shape index (κ3) is 8.24. The molecule has 0 aliphatic carbocycles. The summed E-state index contributed by atoms with van der Waals surface area (Å²) in [7, 11) is 0. The predicted octanol–water partition coefficient (Wildman–Crippen LogP) is 2.67. The third-order valence-corrected chi connectivity index (χ3v) is 5.69. The number of imide groups is 1. The Morgan fingerprint density at radius 2 is 1.88 bits per heavy atom. The lowest BCUT2D eigenvalue weighted by Gasteiger charge is -2.19. The van der Waals surface area contributed by atoms with Gasteiger partial charge in [-0.3, -0.25) is 14.4 Å². The van der Waals surface area contributed by atoms with Gasteiger partial charge in [-0.1, -0.05) is 19.9 Å². The summed E-state index contributed by atoms with van der Waals surface area (Å²) in [6.45, 7) is 8.62. The van der Waals surface area contributed by atoms with Crippen molar-refractivity contribution in [2.75, 3.05) is 19.9 Å². The van der Waals surface area contributed by atoms with Gasteiger partial charge in [-0.05, 0) is 56.9 Å². The zero-order valence-corrected chi connectivity index (χ0v) is 23.4. The number of nitrogens with two attached hydrogens (primary N) is 2. The molecule has 0 saturated heterocycles. The molecule has 0 fully saturated rings. The Morgan fingerprint density at radius 1 is 1.15 bits per heavy atom. The standard InChI is InChI=1S/C27H37N7O6/c1-6-10-30-24(35)19-9-8-16(3)21(12-19)33-23(32-14-28)22-17(4)20(13-31-22)25(36)34(11-7-2)27(38)40-15-39-26(37)18(5)29/h8-9,12-14,18,31H,6-7,10-11,15,29H2,1-5H3,(H,30,35)(H2,28,32,33). The van der Waals surface area contributed by atoms with Gasteiger partial charge in [0.1, 0.15) is 6.04 Å². The van der Waals surface area contributed by atoms with Crippen LogP contribution in [0.5, 0.6) is 0 Å². The summed E-state index contributed by atoms with van der Waals surface area (Å²) in [6.07, 6.45) is 2.79. The van der Waals surface area contributed by atoms with Crippen LogP contribution in [-0.4, -0.2) is 71.9 Å². The third-order valence-electron chi connectivity index (χ3n) is 5.69. The molecule has 2 rings (SSSR count). The van der Waals surface area contributed by atoms with Crippen molar-refractivity contribution in [1.29, 1.82) is 0 Å². The van der Waals surface area contributed by atoms with Crippen LogP contribution in [0.1, 0.15) is 71.1 Å². The summed E-state index contributed by atoms with van der Waals surface area (Å²) in [6, 6.07) is 4.25. The number of amides is 3. The molecule has 216 valence electrons. The number of aliphatic imine (C=N–C) groups is 2. The van der Waals surface area contributed by atoms with Gasteiger partial charge in [0.05, 0.1) is 23.3 Å². The highest BCUT2D eigenvalue weighted by Gasteiger charge is 2.28. The number of hydrogen-bond donors (Lipinski definition) is 4. The number of aromatic amines is 1. The Balaban J connectivity index is 2.37. The fraction of sp³-hybridized carbons (Fsp3) is 0.407. The van der Waals surface area contributed by atoms with Gasteiger partial charge >= 0.3 is 12.1 Å². The molecule has 40 heavy (non-hydrogen) atoms. The molecular weight excluding hydrogens is 518 g/mol. The number of hydrogen-bond acceptors (Lipinski definition) is 8. The van der Waals surface area contributed by atoms with Crippen molar-refractivity contribution in [2.24, 2.45) is 21.5 Å². The Kier molecular flexibility index (Phi) is 12.0. The first-order valence-electron chi connectivity index (χ1n) is 12.9. The van der Waals surface area contributed by atoms with E-state index in [4.69, 9.17) is 20.9 Å². The van der Waals surface area contributed by atoms with Crippen molar-refractivity contribution >= 4 is 41.7 Å². The molecule has 1 atom stereocenters. The minimum atomic E-state index is -0.978. The van der Waals surface area contributed by atoms with Crippen LogP contribution in [0.2, 0.25) is 0 Å². The maximum absolute atomic E-state index is 13.3.